The van der Waals surface area contributed by atoms with Crippen LogP contribution >= 0.6 is 11.6 Å². The number of hydrogen-bond acceptors (Lipinski definition) is 4. The zero-order valence-corrected chi connectivity index (χ0v) is 10.9. The molecule has 0 aliphatic heterocycles. The Morgan fingerprint density at radius 3 is 2.35 bits per heavy atom. The summed E-state index contributed by atoms with van der Waals surface area (Å²) in [6.07, 6.45) is 1.20. The van der Waals surface area contributed by atoms with Crippen LogP contribution in [0.2, 0.25) is 5.02 Å². The summed E-state index contributed by atoms with van der Waals surface area (Å²) in [7, 11) is 0. The normalized spacial score (nSPS) is 10.1. The van der Waals surface area contributed by atoms with Crippen molar-refractivity contribution in [2.24, 2.45) is 5.73 Å². The van der Waals surface area contributed by atoms with E-state index in [1.54, 1.807) is 24.3 Å². The highest BCUT2D eigenvalue weighted by Gasteiger charge is 2.09. The Balaban J connectivity index is 2.21. The molecule has 20 heavy (non-hydrogen) atoms. The van der Waals surface area contributed by atoms with Crippen molar-refractivity contribution in [2.45, 2.75) is 0 Å². The minimum atomic E-state index is -1.10. The van der Waals surface area contributed by atoms with Crippen LogP contribution in [0, 0.1) is 0 Å². The first-order valence-electron chi connectivity index (χ1n) is 5.53. The molecule has 2 rings (SSSR count). The average Bonchev–Trinajstić information content (AvgIpc) is 2.41. The maximum absolute atomic E-state index is 10.9. The van der Waals surface area contributed by atoms with Crippen molar-refractivity contribution in [3.05, 3.63) is 52.7 Å². The van der Waals surface area contributed by atoms with Crippen molar-refractivity contribution in [2.75, 3.05) is 5.32 Å². The number of carboxylic acids is 1. The van der Waals surface area contributed by atoms with Crippen LogP contribution < -0.4 is 11.1 Å². The van der Waals surface area contributed by atoms with Gasteiger partial charge in [0.1, 0.15) is 5.82 Å². The Labute approximate surface area is 119 Å². The van der Waals surface area contributed by atoms with E-state index in [9.17, 15) is 9.59 Å². The number of carbonyl (C=O) groups is 2. The zero-order valence-electron chi connectivity index (χ0n) is 10.1. The molecule has 0 aliphatic rings. The molecule has 0 aliphatic carbocycles. The predicted molar refractivity (Wildman–Crippen MR) is 74.4 cm³/mol. The van der Waals surface area contributed by atoms with E-state index in [0.29, 0.717) is 17.1 Å². The van der Waals surface area contributed by atoms with E-state index >= 15 is 0 Å². The largest absolute Gasteiger partial charge is 0.478 e. The third kappa shape index (κ3) is 3.04. The third-order valence-electron chi connectivity index (χ3n) is 2.52. The molecule has 1 heterocycles. The number of pyridine rings is 1. The Bertz CT molecular complexity index is 671. The van der Waals surface area contributed by atoms with Gasteiger partial charge in [-0.25, -0.2) is 9.78 Å². The Hall–Kier alpha value is -2.60. The molecule has 102 valence electrons. The van der Waals surface area contributed by atoms with Crippen molar-refractivity contribution in [3.8, 4) is 0 Å². The number of nitrogens with two attached hydrogens (primary N) is 1. The number of carbonyl (C=O) groups excluding carboxylic acids is 1. The maximum atomic E-state index is 10.9. The third-order valence-corrected chi connectivity index (χ3v) is 2.81. The number of nitrogens with one attached hydrogen (secondary N) is 1. The van der Waals surface area contributed by atoms with Crippen LogP contribution in [0.3, 0.4) is 0 Å². The quantitative estimate of drug-likeness (QED) is 0.801. The van der Waals surface area contributed by atoms with Crippen molar-refractivity contribution >= 4 is 35.0 Å². The number of rotatable bonds is 4. The summed E-state index contributed by atoms with van der Waals surface area (Å²) in [5.41, 5.74) is 6.17. The van der Waals surface area contributed by atoms with Gasteiger partial charge in [-0.3, -0.25) is 4.79 Å². The number of halogens is 1. The first-order valence-corrected chi connectivity index (χ1v) is 5.91. The fourth-order valence-corrected chi connectivity index (χ4v) is 1.71. The second-order valence-electron chi connectivity index (χ2n) is 3.93. The Kier molecular flexibility index (Phi) is 3.86. The van der Waals surface area contributed by atoms with E-state index < -0.39 is 11.9 Å². The molecule has 0 atom stereocenters. The summed E-state index contributed by atoms with van der Waals surface area (Å²) in [5, 5.41) is 11.9. The molecule has 7 heteroatoms. The van der Waals surface area contributed by atoms with Gasteiger partial charge in [-0.15, -0.1) is 0 Å². The summed E-state index contributed by atoms with van der Waals surface area (Å²) in [6, 6.07) is 7.71. The molecule has 1 aromatic carbocycles. The number of amides is 1. The van der Waals surface area contributed by atoms with Gasteiger partial charge < -0.3 is 16.2 Å². The molecule has 0 saturated carbocycles. The fourth-order valence-electron chi connectivity index (χ4n) is 1.50. The number of primary amides is 1. The zero-order chi connectivity index (χ0) is 14.7. The van der Waals surface area contributed by atoms with Crippen LogP contribution in [-0.2, 0) is 0 Å². The molecule has 0 unspecified atom stereocenters. The Morgan fingerprint density at radius 1 is 1.20 bits per heavy atom. The highest BCUT2D eigenvalue weighted by Crippen LogP contribution is 2.24. The summed E-state index contributed by atoms with van der Waals surface area (Å²) < 4.78 is 0. The van der Waals surface area contributed by atoms with Gasteiger partial charge in [-0.1, -0.05) is 11.6 Å². The Morgan fingerprint density at radius 2 is 1.85 bits per heavy atom. The van der Waals surface area contributed by atoms with Crippen molar-refractivity contribution in [3.63, 3.8) is 0 Å². The van der Waals surface area contributed by atoms with Gasteiger partial charge >= 0.3 is 5.97 Å². The lowest BCUT2D eigenvalue weighted by atomic mass is 10.2. The van der Waals surface area contributed by atoms with Gasteiger partial charge in [-0.2, -0.15) is 0 Å². The van der Waals surface area contributed by atoms with Crippen LogP contribution in [0.4, 0.5) is 11.5 Å². The van der Waals surface area contributed by atoms with Crippen molar-refractivity contribution in [1.82, 2.24) is 4.98 Å². The molecule has 0 bridgehead atoms. The van der Waals surface area contributed by atoms with Crippen LogP contribution in [0.5, 0.6) is 0 Å². The first kappa shape index (κ1) is 13.8. The SMILES string of the molecule is NC(=O)c1ccc(Nc2ncc(C(=O)O)cc2Cl)cc1. The monoisotopic (exact) mass is 291 g/mol. The summed E-state index contributed by atoms with van der Waals surface area (Å²) in [4.78, 5) is 25.6. The lowest BCUT2D eigenvalue weighted by Gasteiger charge is -2.08. The molecule has 0 spiro atoms. The van der Waals surface area contributed by atoms with Crippen LogP contribution in [0.25, 0.3) is 0 Å². The van der Waals surface area contributed by atoms with Gasteiger partial charge in [0.05, 0.1) is 10.6 Å². The van der Waals surface area contributed by atoms with Gasteiger partial charge in [0.15, 0.2) is 0 Å². The number of benzene rings is 1. The van der Waals surface area contributed by atoms with E-state index in [1.165, 1.54) is 12.3 Å². The minimum absolute atomic E-state index is 0.00428. The number of carboxylic acid groups (broad SMARTS) is 1. The van der Waals surface area contributed by atoms with E-state index in [1.807, 2.05) is 0 Å². The minimum Gasteiger partial charge on any atom is -0.478 e. The molecule has 4 N–H and O–H groups in total. The van der Waals surface area contributed by atoms with E-state index in [4.69, 9.17) is 22.4 Å². The predicted octanol–water partition coefficient (Wildman–Crippen LogP) is 2.28. The molecule has 6 nitrogen and oxygen atoms in total. The molecule has 2 aromatic rings. The molecule has 1 aromatic heterocycles. The van der Waals surface area contributed by atoms with E-state index in [-0.39, 0.29) is 10.6 Å². The summed E-state index contributed by atoms with van der Waals surface area (Å²) in [5.74, 6) is -1.29. The molecule has 0 fully saturated rings. The number of nitrogens with zero attached hydrogens (tertiary/aromatic N) is 1. The number of aromatic nitrogens is 1. The number of hydrogen-bond donors (Lipinski definition) is 3. The second-order valence-corrected chi connectivity index (χ2v) is 4.33. The summed E-state index contributed by atoms with van der Waals surface area (Å²) >= 11 is 5.94. The molecule has 1 amide bonds. The second kappa shape index (κ2) is 5.58. The number of aromatic carboxylic acids is 1. The van der Waals surface area contributed by atoms with Crippen LogP contribution in [0.1, 0.15) is 20.7 Å². The van der Waals surface area contributed by atoms with Gasteiger partial charge in [0.2, 0.25) is 5.91 Å². The van der Waals surface area contributed by atoms with Crippen molar-refractivity contribution in [1.29, 1.82) is 0 Å². The highest BCUT2D eigenvalue weighted by molar-refractivity contribution is 6.33. The average molecular weight is 292 g/mol. The van der Waals surface area contributed by atoms with Gasteiger partial charge in [0, 0.05) is 17.4 Å². The molecule has 0 radical (unpaired) electrons. The molecular weight excluding hydrogens is 282 g/mol. The van der Waals surface area contributed by atoms with Crippen LogP contribution in [-0.4, -0.2) is 22.0 Å². The fraction of sp³-hybridized carbons (Fsp3) is 0. The van der Waals surface area contributed by atoms with Crippen molar-refractivity contribution < 1.29 is 14.7 Å². The lowest BCUT2D eigenvalue weighted by molar-refractivity contribution is 0.0696. The lowest BCUT2D eigenvalue weighted by Crippen LogP contribution is -2.10. The van der Waals surface area contributed by atoms with Gasteiger partial charge in [0.25, 0.3) is 0 Å². The van der Waals surface area contributed by atoms with E-state index in [2.05, 4.69) is 10.3 Å². The van der Waals surface area contributed by atoms with Crippen LogP contribution in [0.15, 0.2) is 36.5 Å². The summed E-state index contributed by atoms with van der Waals surface area (Å²) in [6.45, 7) is 0. The maximum Gasteiger partial charge on any atom is 0.337 e. The number of anilines is 2. The standard InChI is InChI=1S/C13H10ClN3O3/c14-10-5-8(13(19)20)6-16-12(10)17-9-3-1-7(2-4-9)11(15)18/h1-6H,(H2,15,18)(H,16,17)(H,19,20). The highest BCUT2D eigenvalue weighted by atomic mass is 35.5. The topological polar surface area (TPSA) is 105 Å². The molecule has 0 saturated heterocycles. The molecular formula is C13H10ClN3O3. The first-order chi connectivity index (χ1) is 9.47. The van der Waals surface area contributed by atoms with E-state index in [0.717, 1.165) is 0 Å². The smallest absolute Gasteiger partial charge is 0.337 e. The van der Waals surface area contributed by atoms with Gasteiger partial charge in [-0.05, 0) is 30.3 Å².